The molecule has 0 aliphatic heterocycles. The molecule has 0 spiro atoms. The van der Waals surface area contributed by atoms with Gasteiger partial charge in [-0.05, 0) is 29.7 Å². The highest BCUT2D eigenvalue weighted by Gasteiger charge is 2.08. The van der Waals surface area contributed by atoms with Gasteiger partial charge in [0.05, 0.1) is 17.6 Å². The van der Waals surface area contributed by atoms with Crippen molar-refractivity contribution in [3.63, 3.8) is 0 Å². The monoisotopic (exact) mass is 330 g/mol. The lowest BCUT2D eigenvalue weighted by atomic mass is 10.2. The number of nitrogens with zero attached hydrogens (tertiary/aromatic N) is 2. The molecule has 0 saturated heterocycles. The molecule has 0 aliphatic rings. The van der Waals surface area contributed by atoms with Gasteiger partial charge in [0, 0.05) is 29.3 Å². The summed E-state index contributed by atoms with van der Waals surface area (Å²) in [5.41, 5.74) is 6.55. The van der Waals surface area contributed by atoms with Crippen LogP contribution in [0.3, 0.4) is 0 Å². The Labute approximate surface area is 134 Å². The number of nitrogens with one attached hydrogen (secondary N) is 1. The molecule has 2 aromatic heterocycles. The number of carbonyl (C=O) groups is 1. The number of anilines is 1. The standard InChI is InChI=1S/C15H11FN4O2S/c16-12-2-1-10(6-14(12)20-15(17)21)22-11-3-4-18-13(5-11)9-7-19-23-8-9/h1-8H,(H3,17,20,21). The van der Waals surface area contributed by atoms with Crippen LogP contribution in [0.25, 0.3) is 11.3 Å². The number of pyridine rings is 1. The van der Waals surface area contributed by atoms with Gasteiger partial charge in [-0.2, -0.15) is 0 Å². The highest BCUT2D eigenvalue weighted by molar-refractivity contribution is 7.03. The first-order valence-electron chi connectivity index (χ1n) is 6.51. The zero-order valence-electron chi connectivity index (χ0n) is 11.7. The lowest BCUT2D eigenvalue weighted by Gasteiger charge is -2.09. The van der Waals surface area contributed by atoms with Gasteiger partial charge in [-0.25, -0.2) is 13.6 Å². The topological polar surface area (TPSA) is 90.1 Å². The molecular formula is C15H11FN4O2S. The van der Waals surface area contributed by atoms with Crippen molar-refractivity contribution in [2.45, 2.75) is 0 Å². The number of hydrogen-bond donors (Lipinski definition) is 2. The van der Waals surface area contributed by atoms with Gasteiger partial charge < -0.3 is 15.8 Å². The van der Waals surface area contributed by atoms with Crippen molar-refractivity contribution < 1.29 is 13.9 Å². The first kappa shape index (κ1) is 14.9. The van der Waals surface area contributed by atoms with Crippen LogP contribution < -0.4 is 15.8 Å². The average molecular weight is 330 g/mol. The second kappa shape index (κ2) is 6.41. The maximum Gasteiger partial charge on any atom is 0.316 e. The van der Waals surface area contributed by atoms with E-state index >= 15 is 0 Å². The minimum Gasteiger partial charge on any atom is -0.457 e. The van der Waals surface area contributed by atoms with E-state index in [1.807, 2.05) is 5.38 Å². The summed E-state index contributed by atoms with van der Waals surface area (Å²) in [5.74, 6) is 0.282. The van der Waals surface area contributed by atoms with Crippen molar-refractivity contribution in [1.82, 2.24) is 9.36 Å². The van der Waals surface area contributed by atoms with Crippen LogP contribution in [0.1, 0.15) is 0 Å². The molecule has 3 rings (SSSR count). The van der Waals surface area contributed by atoms with Gasteiger partial charge in [0.25, 0.3) is 0 Å². The number of urea groups is 1. The summed E-state index contributed by atoms with van der Waals surface area (Å²) < 4.78 is 23.3. The molecule has 3 N–H and O–H groups in total. The number of amides is 2. The fourth-order valence-corrected chi connectivity index (χ4v) is 2.43. The smallest absolute Gasteiger partial charge is 0.316 e. The molecule has 6 nitrogen and oxygen atoms in total. The third-order valence-electron chi connectivity index (χ3n) is 2.89. The van der Waals surface area contributed by atoms with Crippen molar-refractivity contribution in [2.24, 2.45) is 5.73 Å². The van der Waals surface area contributed by atoms with Crippen LogP contribution in [0, 0.1) is 5.82 Å². The summed E-state index contributed by atoms with van der Waals surface area (Å²) in [6.45, 7) is 0. The Kier molecular flexibility index (Phi) is 4.15. The van der Waals surface area contributed by atoms with E-state index in [1.54, 1.807) is 24.5 Å². The van der Waals surface area contributed by atoms with E-state index in [4.69, 9.17) is 10.5 Å². The highest BCUT2D eigenvalue weighted by Crippen LogP contribution is 2.28. The fourth-order valence-electron chi connectivity index (χ4n) is 1.90. The third kappa shape index (κ3) is 3.61. The molecule has 0 unspecified atom stereocenters. The number of nitrogens with two attached hydrogens (primary N) is 1. The zero-order valence-corrected chi connectivity index (χ0v) is 12.5. The third-order valence-corrected chi connectivity index (χ3v) is 3.48. The van der Waals surface area contributed by atoms with Crippen molar-refractivity contribution in [1.29, 1.82) is 0 Å². The molecular weight excluding hydrogens is 319 g/mol. The predicted octanol–water partition coefficient (Wildman–Crippen LogP) is 3.63. The number of primary amides is 1. The first-order chi connectivity index (χ1) is 11.1. The molecule has 116 valence electrons. The number of benzene rings is 1. The lowest BCUT2D eigenvalue weighted by molar-refractivity contribution is 0.259. The number of ether oxygens (including phenoxy) is 1. The second-order valence-corrected chi connectivity index (χ2v) is 5.18. The number of rotatable bonds is 4. The normalized spacial score (nSPS) is 10.3. The van der Waals surface area contributed by atoms with Crippen molar-refractivity contribution in [3.05, 3.63) is 53.9 Å². The van der Waals surface area contributed by atoms with Crippen LogP contribution in [-0.2, 0) is 0 Å². The maximum absolute atomic E-state index is 13.6. The molecule has 2 heterocycles. The van der Waals surface area contributed by atoms with Gasteiger partial charge in [-0.15, -0.1) is 0 Å². The first-order valence-corrected chi connectivity index (χ1v) is 7.35. The van der Waals surface area contributed by atoms with Crippen LogP contribution in [0.4, 0.5) is 14.9 Å². The van der Waals surface area contributed by atoms with Crippen LogP contribution in [0.2, 0.25) is 0 Å². The quantitative estimate of drug-likeness (QED) is 0.764. The molecule has 2 amide bonds. The van der Waals surface area contributed by atoms with E-state index < -0.39 is 11.8 Å². The summed E-state index contributed by atoms with van der Waals surface area (Å²) in [5, 5.41) is 4.07. The van der Waals surface area contributed by atoms with Crippen LogP contribution in [-0.4, -0.2) is 15.4 Å². The summed E-state index contributed by atoms with van der Waals surface area (Å²) in [4.78, 5) is 15.1. The van der Waals surface area contributed by atoms with Gasteiger partial charge in [0.1, 0.15) is 17.3 Å². The molecule has 3 aromatic rings. The minimum absolute atomic E-state index is 0.0497. The lowest BCUT2D eigenvalue weighted by Crippen LogP contribution is -2.20. The van der Waals surface area contributed by atoms with Gasteiger partial charge in [0.2, 0.25) is 0 Å². The van der Waals surface area contributed by atoms with E-state index in [0.717, 1.165) is 5.56 Å². The number of aromatic nitrogens is 2. The molecule has 0 bridgehead atoms. The van der Waals surface area contributed by atoms with Crippen molar-refractivity contribution in [2.75, 3.05) is 5.32 Å². The largest absolute Gasteiger partial charge is 0.457 e. The number of hydrogen-bond acceptors (Lipinski definition) is 5. The van der Waals surface area contributed by atoms with Gasteiger partial charge in [-0.3, -0.25) is 4.98 Å². The van der Waals surface area contributed by atoms with E-state index in [9.17, 15) is 9.18 Å². The summed E-state index contributed by atoms with van der Waals surface area (Å²) in [6.07, 6.45) is 3.32. The van der Waals surface area contributed by atoms with E-state index in [-0.39, 0.29) is 5.69 Å². The van der Waals surface area contributed by atoms with E-state index in [1.165, 1.54) is 29.7 Å². The zero-order chi connectivity index (χ0) is 16.2. The average Bonchev–Trinajstić information content (AvgIpc) is 3.05. The van der Waals surface area contributed by atoms with E-state index in [2.05, 4.69) is 14.7 Å². The fraction of sp³-hybridized carbons (Fsp3) is 0. The molecule has 1 aromatic carbocycles. The Balaban J connectivity index is 1.85. The Morgan fingerprint density at radius 1 is 1.26 bits per heavy atom. The molecule has 0 fully saturated rings. The molecule has 23 heavy (non-hydrogen) atoms. The summed E-state index contributed by atoms with van der Waals surface area (Å²) >= 11 is 1.33. The van der Waals surface area contributed by atoms with Crippen LogP contribution in [0.5, 0.6) is 11.5 Å². The van der Waals surface area contributed by atoms with Gasteiger partial charge in [-0.1, -0.05) is 0 Å². The summed E-state index contributed by atoms with van der Waals surface area (Å²) in [6, 6.07) is 6.56. The van der Waals surface area contributed by atoms with E-state index in [0.29, 0.717) is 17.2 Å². The van der Waals surface area contributed by atoms with Crippen molar-refractivity contribution in [3.8, 4) is 22.8 Å². The molecule has 0 saturated carbocycles. The highest BCUT2D eigenvalue weighted by atomic mass is 32.1. The Morgan fingerprint density at radius 2 is 2.09 bits per heavy atom. The second-order valence-electron chi connectivity index (χ2n) is 4.52. The Morgan fingerprint density at radius 3 is 2.83 bits per heavy atom. The van der Waals surface area contributed by atoms with Crippen LogP contribution in [0.15, 0.2) is 48.1 Å². The summed E-state index contributed by atoms with van der Waals surface area (Å²) in [7, 11) is 0. The maximum atomic E-state index is 13.6. The molecule has 0 atom stereocenters. The van der Waals surface area contributed by atoms with Gasteiger partial charge >= 0.3 is 6.03 Å². The SMILES string of the molecule is NC(=O)Nc1cc(Oc2ccnc(-c3cnsc3)c2)ccc1F. The minimum atomic E-state index is -0.850. The molecule has 8 heteroatoms. The predicted molar refractivity (Wildman–Crippen MR) is 85.0 cm³/mol. The van der Waals surface area contributed by atoms with Gasteiger partial charge in [0.15, 0.2) is 0 Å². The van der Waals surface area contributed by atoms with Crippen LogP contribution >= 0.6 is 11.5 Å². The molecule has 0 aliphatic carbocycles. The molecule has 0 radical (unpaired) electrons. The number of carbonyl (C=O) groups excluding carboxylic acids is 1. The van der Waals surface area contributed by atoms with Crippen molar-refractivity contribution >= 4 is 23.3 Å². The number of halogens is 1. The Bertz CT molecular complexity index is 839. The Hall–Kier alpha value is -3.00.